The summed E-state index contributed by atoms with van der Waals surface area (Å²) in [6.07, 6.45) is 0.305. The van der Waals surface area contributed by atoms with Crippen LogP contribution in [0.5, 0.6) is 5.75 Å². The summed E-state index contributed by atoms with van der Waals surface area (Å²) >= 11 is 6.04. The van der Waals surface area contributed by atoms with Gasteiger partial charge in [0.25, 0.3) is 0 Å². The van der Waals surface area contributed by atoms with Crippen molar-refractivity contribution >= 4 is 17.5 Å². The van der Waals surface area contributed by atoms with Gasteiger partial charge in [-0.3, -0.25) is 4.79 Å². The molecule has 1 amide bonds. The third kappa shape index (κ3) is 4.20. The molecule has 18 heavy (non-hydrogen) atoms. The molecule has 0 aliphatic heterocycles. The topological polar surface area (TPSA) is 47.6 Å². The van der Waals surface area contributed by atoms with E-state index < -0.39 is 0 Å². The Kier molecular flexibility index (Phi) is 5.95. The second-order valence-corrected chi connectivity index (χ2v) is 4.34. The number of hydrogen-bond donors (Lipinski definition) is 1. The minimum Gasteiger partial charge on any atom is -0.495 e. The summed E-state index contributed by atoms with van der Waals surface area (Å²) in [5.41, 5.74) is 1.88. The number of benzene rings is 1. The fraction of sp³-hybridized carbons (Fsp3) is 0.462. The molecule has 1 N–H and O–H groups in total. The van der Waals surface area contributed by atoms with Crippen LogP contribution >= 0.6 is 11.6 Å². The molecule has 0 fully saturated rings. The van der Waals surface area contributed by atoms with E-state index in [2.05, 4.69) is 5.32 Å². The number of methoxy groups -OCH3 is 2. The molecule has 0 aromatic heterocycles. The van der Waals surface area contributed by atoms with Crippen LogP contribution < -0.4 is 10.1 Å². The van der Waals surface area contributed by atoms with Gasteiger partial charge in [-0.1, -0.05) is 11.6 Å². The zero-order chi connectivity index (χ0) is 13.5. The Morgan fingerprint density at radius 3 is 2.72 bits per heavy atom. The van der Waals surface area contributed by atoms with E-state index in [9.17, 15) is 4.79 Å². The fourth-order valence-corrected chi connectivity index (χ4v) is 1.83. The molecule has 4 nitrogen and oxygen atoms in total. The summed E-state index contributed by atoms with van der Waals surface area (Å²) in [6.45, 7) is 2.95. The lowest BCUT2D eigenvalue weighted by molar-refractivity contribution is -0.120. The average molecular weight is 272 g/mol. The number of nitrogens with one attached hydrogen (secondary N) is 1. The van der Waals surface area contributed by atoms with Gasteiger partial charge in [0.05, 0.1) is 25.2 Å². The van der Waals surface area contributed by atoms with Crippen molar-refractivity contribution in [3.05, 3.63) is 28.3 Å². The van der Waals surface area contributed by atoms with E-state index in [1.54, 1.807) is 20.3 Å². The van der Waals surface area contributed by atoms with Crippen molar-refractivity contribution in [2.45, 2.75) is 13.3 Å². The smallest absolute Gasteiger partial charge is 0.224 e. The van der Waals surface area contributed by atoms with Crippen molar-refractivity contribution in [3.63, 3.8) is 0 Å². The van der Waals surface area contributed by atoms with Crippen molar-refractivity contribution in [2.24, 2.45) is 0 Å². The molecule has 1 aromatic carbocycles. The molecule has 0 heterocycles. The number of aryl methyl sites for hydroxylation is 1. The molecule has 1 aromatic rings. The van der Waals surface area contributed by atoms with Crippen LogP contribution in [0.2, 0.25) is 5.02 Å². The van der Waals surface area contributed by atoms with Crippen molar-refractivity contribution in [1.29, 1.82) is 0 Å². The number of amides is 1. The lowest BCUT2D eigenvalue weighted by Crippen LogP contribution is -2.28. The van der Waals surface area contributed by atoms with E-state index in [0.717, 1.165) is 11.1 Å². The summed E-state index contributed by atoms with van der Waals surface area (Å²) in [4.78, 5) is 11.7. The molecule has 0 unspecified atom stereocenters. The molecule has 0 spiro atoms. The number of hydrogen-bond acceptors (Lipinski definition) is 3. The molecular weight excluding hydrogens is 254 g/mol. The first-order valence-electron chi connectivity index (χ1n) is 5.67. The lowest BCUT2D eigenvalue weighted by atomic mass is 10.0. The van der Waals surface area contributed by atoms with Crippen LogP contribution in [0.4, 0.5) is 0 Å². The quantitative estimate of drug-likeness (QED) is 0.805. The average Bonchev–Trinajstić information content (AvgIpc) is 2.33. The highest BCUT2D eigenvalue weighted by molar-refractivity contribution is 6.32. The van der Waals surface area contributed by atoms with Crippen LogP contribution in [0.1, 0.15) is 11.1 Å². The first-order valence-corrected chi connectivity index (χ1v) is 6.05. The number of rotatable bonds is 6. The SMILES string of the molecule is COCCNC(=O)Cc1cc(Cl)c(OC)cc1C. The van der Waals surface area contributed by atoms with Crippen molar-refractivity contribution in [3.8, 4) is 5.75 Å². The molecule has 0 bridgehead atoms. The third-order valence-corrected chi connectivity index (χ3v) is 2.89. The Labute approximate surface area is 112 Å². The second-order valence-electron chi connectivity index (χ2n) is 3.93. The molecule has 1 rings (SSSR count). The Balaban J connectivity index is 2.67. The van der Waals surface area contributed by atoms with E-state index in [-0.39, 0.29) is 5.91 Å². The summed E-state index contributed by atoms with van der Waals surface area (Å²) in [6, 6.07) is 3.60. The fourth-order valence-electron chi connectivity index (χ4n) is 1.57. The van der Waals surface area contributed by atoms with E-state index in [0.29, 0.717) is 30.3 Å². The minimum atomic E-state index is -0.0450. The van der Waals surface area contributed by atoms with Gasteiger partial charge in [0, 0.05) is 13.7 Å². The minimum absolute atomic E-state index is 0.0450. The van der Waals surface area contributed by atoms with E-state index >= 15 is 0 Å². The molecule has 0 aliphatic rings. The van der Waals surface area contributed by atoms with Crippen molar-refractivity contribution in [2.75, 3.05) is 27.4 Å². The van der Waals surface area contributed by atoms with Gasteiger partial charge in [-0.2, -0.15) is 0 Å². The first-order chi connectivity index (χ1) is 8.58. The number of carbonyl (C=O) groups excluding carboxylic acids is 1. The first kappa shape index (κ1) is 14.8. The van der Waals surface area contributed by atoms with Crippen LogP contribution in [-0.2, 0) is 16.0 Å². The summed E-state index contributed by atoms with van der Waals surface area (Å²) < 4.78 is 9.98. The predicted molar refractivity (Wildman–Crippen MR) is 71.3 cm³/mol. The zero-order valence-electron chi connectivity index (χ0n) is 10.9. The number of carbonyl (C=O) groups is 1. The van der Waals surface area contributed by atoms with Crippen molar-refractivity contribution in [1.82, 2.24) is 5.32 Å². The molecule has 0 atom stereocenters. The third-order valence-electron chi connectivity index (χ3n) is 2.59. The maximum atomic E-state index is 11.7. The monoisotopic (exact) mass is 271 g/mol. The van der Waals surface area contributed by atoms with Crippen LogP contribution in [0.25, 0.3) is 0 Å². The summed E-state index contributed by atoms with van der Waals surface area (Å²) in [5, 5.41) is 3.29. The van der Waals surface area contributed by atoms with Gasteiger partial charge in [0.15, 0.2) is 0 Å². The molecule has 0 saturated carbocycles. The summed E-state index contributed by atoms with van der Waals surface area (Å²) in [7, 11) is 3.16. The molecule has 0 saturated heterocycles. The van der Waals surface area contributed by atoms with E-state index in [1.165, 1.54) is 0 Å². The molecule has 5 heteroatoms. The van der Waals surface area contributed by atoms with Crippen LogP contribution in [0.3, 0.4) is 0 Å². The molecule has 0 aliphatic carbocycles. The molecule has 100 valence electrons. The number of halogens is 1. The Hall–Kier alpha value is -1.26. The van der Waals surface area contributed by atoms with E-state index in [1.807, 2.05) is 13.0 Å². The number of ether oxygens (including phenoxy) is 2. The normalized spacial score (nSPS) is 10.2. The molecule has 0 radical (unpaired) electrons. The van der Waals surface area contributed by atoms with Gasteiger partial charge < -0.3 is 14.8 Å². The standard InChI is InChI=1S/C13H18ClNO3/c1-9-6-12(18-3)11(14)7-10(9)8-13(16)15-4-5-17-2/h6-7H,4-5,8H2,1-3H3,(H,15,16). The lowest BCUT2D eigenvalue weighted by Gasteiger charge is -2.10. The Morgan fingerprint density at radius 1 is 1.39 bits per heavy atom. The Morgan fingerprint density at radius 2 is 2.11 bits per heavy atom. The highest BCUT2D eigenvalue weighted by Crippen LogP contribution is 2.27. The predicted octanol–water partition coefficient (Wildman–Crippen LogP) is 1.96. The Bertz CT molecular complexity index is 421. The van der Waals surface area contributed by atoms with Gasteiger partial charge >= 0.3 is 0 Å². The van der Waals surface area contributed by atoms with Gasteiger partial charge in [-0.25, -0.2) is 0 Å². The van der Waals surface area contributed by atoms with Gasteiger partial charge in [-0.15, -0.1) is 0 Å². The van der Waals surface area contributed by atoms with Gasteiger partial charge in [0.2, 0.25) is 5.91 Å². The summed E-state index contributed by atoms with van der Waals surface area (Å²) in [5.74, 6) is 0.578. The van der Waals surface area contributed by atoms with Crippen LogP contribution in [-0.4, -0.2) is 33.3 Å². The highest BCUT2D eigenvalue weighted by Gasteiger charge is 2.09. The largest absolute Gasteiger partial charge is 0.495 e. The van der Waals surface area contributed by atoms with Gasteiger partial charge in [0.1, 0.15) is 5.75 Å². The van der Waals surface area contributed by atoms with E-state index in [4.69, 9.17) is 21.1 Å². The van der Waals surface area contributed by atoms with Crippen LogP contribution in [0, 0.1) is 6.92 Å². The maximum Gasteiger partial charge on any atom is 0.224 e. The maximum absolute atomic E-state index is 11.7. The van der Waals surface area contributed by atoms with Crippen molar-refractivity contribution < 1.29 is 14.3 Å². The van der Waals surface area contributed by atoms with Gasteiger partial charge in [-0.05, 0) is 30.2 Å². The second kappa shape index (κ2) is 7.24. The molecular formula is C13H18ClNO3. The highest BCUT2D eigenvalue weighted by atomic mass is 35.5. The van der Waals surface area contributed by atoms with Crippen LogP contribution in [0.15, 0.2) is 12.1 Å². The zero-order valence-corrected chi connectivity index (χ0v) is 11.6.